The average molecular weight is 671 g/mol. The summed E-state index contributed by atoms with van der Waals surface area (Å²) in [5.74, 6) is -0.652. The van der Waals surface area contributed by atoms with Crippen molar-refractivity contribution in [3.05, 3.63) is 96.8 Å². The van der Waals surface area contributed by atoms with Gasteiger partial charge >= 0.3 is 0 Å². The second-order valence-electron chi connectivity index (χ2n) is 11.4. The summed E-state index contributed by atoms with van der Waals surface area (Å²) in [5, 5.41) is 12.6. The molecule has 3 aromatic carbocycles. The topological polar surface area (TPSA) is 175 Å². The summed E-state index contributed by atoms with van der Waals surface area (Å²) < 4.78 is 47.6. The van der Waals surface area contributed by atoms with Crippen LogP contribution in [0.2, 0.25) is 0 Å². The molecule has 0 atom stereocenters. The average Bonchev–Trinajstić information content (AvgIpc) is 3.07. The first-order valence-corrected chi connectivity index (χ1v) is 16.3. The summed E-state index contributed by atoms with van der Waals surface area (Å²) in [6, 6.07) is 21.1. The molecule has 0 aliphatic heterocycles. The van der Waals surface area contributed by atoms with Crippen molar-refractivity contribution in [3.63, 3.8) is 0 Å². The van der Waals surface area contributed by atoms with Crippen LogP contribution in [0.25, 0.3) is 11.6 Å². The third-order valence-corrected chi connectivity index (χ3v) is 8.24. The number of nitrogens with one attached hydrogen (secondary N) is 2. The van der Waals surface area contributed by atoms with Gasteiger partial charge in [0.1, 0.15) is 5.75 Å². The van der Waals surface area contributed by atoms with Crippen molar-refractivity contribution in [2.45, 2.75) is 37.5 Å². The van der Waals surface area contributed by atoms with Gasteiger partial charge in [0.25, 0.3) is 15.9 Å². The van der Waals surface area contributed by atoms with Crippen LogP contribution < -0.4 is 24.2 Å². The molecule has 0 spiro atoms. The van der Waals surface area contributed by atoms with Gasteiger partial charge in [0.15, 0.2) is 23.1 Å². The van der Waals surface area contributed by atoms with Gasteiger partial charge in [-0.15, -0.1) is 0 Å². The number of ether oxygens (including phenoxy) is 3. The van der Waals surface area contributed by atoms with E-state index in [1.807, 2.05) is 20.8 Å². The molecule has 0 radical (unpaired) electrons. The Morgan fingerprint density at radius 2 is 1.52 bits per heavy atom. The van der Waals surface area contributed by atoms with Crippen molar-refractivity contribution in [1.82, 2.24) is 19.9 Å². The molecule has 48 heavy (non-hydrogen) atoms. The van der Waals surface area contributed by atoms with Crippen LogP contribution >= 0.6 is 0 Å². The van der Waals surface area contributed by atoms with E-state index in [1.54, 1.807) is 60.7 Å². The second kappa shape index (κ2) is 14.3. The van der Waals surface area contributed by atoms with Crippen LogP contribution in [0.5, 0.6) is 28.9 Å². The zero-order valence-corrected chi connectivity index (χ0v) is 27.5. The third-order valence-electron chi connectivity index (χ3n) is 6.89. The Kier molecular flexibility index (Phi) is 10.0. The second-order valence-corrected chi connectivity index (χ2v) is 13.1. The number of hydrogen-bond donors (Lipinski definition) is 3. The Balaban J connectivity index is 1.54. The number of anilines is 2. The minimum atomic E-state index is -4.23. The summed E-state index contributed by atoms with van der Waals surface area (Å²) in [6.45, 7) is 5.87. The zero-order valence-electron chi connectivity index (χ0n) is 26.7. The number of sulfonamides is 1. The minimum Gasteiger partial charge on any atom is -0.506 e. The number of benzene rings is 3. The number of rotatable bonds is 12. The van der Waals surface area contributed by atoms with E-state index in [2.05, 4.69) is 30.0 Å². The first-order valence-electron chi connectivity index (χ1n) is 14.8. The van der Waals surface area contributed by atoms with Crippen molar-refractivity contribution in [1.29, 1.82) is 0 Å². The van der Waals surface area contributed by atoms with Crippen molar-refractivity contribution < 1.29 is 32.5 Å². The highest BCUT2D eigenvalue weighted by atomic mass is 32.2. The molecular formula is C34H34N6O7S. The number of aromatic hydroxyl groups is 1. The van der Waals surface area contributed by atoms with E-state index >= 15 is 0 Å². The fraction of sp³-hybridized carbons (Fsp3) is 0.206. The van der Waals surface area contributed by atoms with Crippen molar-refractivity contribution >= 4 is 27.4 Å². The number of phenols is 1. The number of amides is 1. The van der Waals surface area contributed by atoms with Gasteiger partial charge in [-0.25, -0.2) is 23.4 Å². The summed E-state index contributed by atoms with van der Waals surface area (Å²) >= 11 is 0. The molecular weight excluding hydrogens is 636 g/mol. The number of phenolic OH excluding ortho intramolecular Hbond substituents is 1. The van der Waals surface area contributed by atoms with Crippen LogP contribution in [0.15, 0.2) is 96.2 Å². The molecule has 0 fully saturated rings. The van der Waals surface area contributed by atoms with E-state index in [1.165, 1.54) is 37.7 Å². The largest absolute Gasteiger partial charge is 0.506 e. The van der Waals surface area contributed by atoms with Crippen LogP contribution in [0.1, 0.15) is 32.8 Å². The summed E-state index contributed by atoms with van der Waals surface area (Å²) in [6.07, 6.45) is 2.80. The fourth-order valence-corrected chi connectivity index (χ4v) is 5.37. The van der Waals surface area contributed by atoms with Gasteiger partial charge in [0, 0.05) is 12.4 Å². The molecule has 13 nitrogen and oxygen atoms in total. The van der Waals surface area contributed by atoms with Crippen LogP contribution in [0.4, 0.5) is 11.5 Å². The molecule has 0 aliphatic carbocycles. The van der Waals surface area contributed by atoms with Gasteiger partial charge in [-0.2, -0.15) is 4.98 Å². The van der Waals surface area contributed by atoms with E-state index in [4.69, 9.17) is 14.2 Å². The summed E-state index contributed by atoms with van der Waals surface area (Å²) in [7, 11) is -2.77. The highest BCUT2D eigenvalue weighted by Gasteiger charge is 2.26. The molecule has 2 heterocycles. The highest BCUT2D eigenvalue weighted by molar-refractivity contribution is 7.92. The van der Waals surface area contributed by atoms with Gasteiger partial charge in [-0.1, -0.05) is 57.2 Å². The Morgan fingerprint density at radius 3 is 2.19 bits per heavy atom. The van der Waals surface area contributed by atoms with Crippen molar-refractivity contribution in [2.75, 3.05) is 23.8 Å². The van der Waals surface area contributed by atoms with Crippen LogP contribution in [0.3, 0.4) is 0 Å². The number of aromatic nitrogens is 4. The Bertz CT molecular complexity index is 2000. The molecule has 0 saturated heterocycles. The normalized spacial score (nSPS) is 11.4. The molecule has 5 aromatic rings. The SMILES string of the molecule is COc1ccccc1Oc1c(NS(=O)(=O)c2ccc(C(C)(C)C)cc2)nc(-c2ncccn2)nc1OCCC(=O)Nc1ccccc1O. The third kappa shape index (κ3) is 8.14. The lowest BCUT2D eigenvalue weighted by Gasteiger charge is -2.20. The van der Waals surface area contributed by atoms with E-state index in [0.29, 0.717) is 5.75 Å². The number of carbonyl (C=O) groups is 1. The molecule has 3 N–H and O–H groups in total. The summed E-state index contributed by atoms with van der Waals surface area (Å²) in [4.78, 5) is 30.0. The predicted molar refractivity (Wildman–Crippen MR) is 179 cm³/mol. The molecule has 0 aliphatic rings. The minimum absolute atomic E-state index is 0.0156. The summed E-state index contributed by atoms with van der Waals surface area (Å²) in [5.41, 5.74) is 1.00. The fourth-order valence-electron chi connectivity index (χ4n) is 4.37. The molecule has 0 unspecified atom stereocenters. The number of methoxy groups -OCH3 is 1. The van der Waals surface area contributed by atoms with E-state index < -0.39 is 15.9 Å². The van der Waals surface area contributed by atoms with E-state index in [-0.39, 0.29) is 69.6 Å². The van der Waals surface area contributed by atoms with Crippen molar-refractivity contribution in [2.24, 2.45) is 0 Å². The molecule has 0 bridgehead atoms. The van der Waals surface area contributed by atoms with Crippen molar-refractivity contribution in [3.8, 4) is 40.5 Å². The monoisotopic (exact) mass is 670 g/mol. The quantitative estimate of drug-likeness (QED) is 0.134. The van der Waals surface area contributed by atoms with Gasteiger partial charge in [-0.05, 0) is 53.4 Å². The van der Waals surface area contributed by atoms with E-state index in [9.17, 15) is 18.3 Å². The molecule has 248 valence electrons. The first-order chi connectivity index (χ1) is 22.9. The maximum Gasteiger partial charge on any atom is 0.263 e. The Labute approximate surface area is 278 Å². The lowest BCUT2D eigenvalue weighted by Crippen LogP contribution is -2.18. The van der Waals surface area contributed by atoms with E-state index in [0.717, 1.165) is 5.56 Å². The Hall–Kier alpha value is -5.76. The smallest absolute Gasteiger partial charge is 0.263 e. The standard InChI is InChI=1S/C34H34N6O7S/c1-34(2,3)22-14-16-23(17-15-22)48(43,44)40-30-29(47-27-13-8-7-12-26(27)45-4)33(39-32(38-30)31-35-19-9-20-36-31)46-21-18-28(42)37-24-10-5-6-11-25(24)41/h5-17,19-20,41H,18,21H2,1-4H3,(H,37,42)(H,38,39,40). The maximum absolute atomic E-state index is 13.8. The first kappa shape index (κ1) is 33.6. The number of hydrogen-bond acceptors (Lipinski definition) is 11. The molecule has 0 saturated carbocycles. The lowest BCUT2D eigenvalue weighted by atomic mass is 9.87. The lowest BCUT2D eigenvalue weighted by molar-refractivity contribution is -0.116. The van der Waals surface area contributed by atoms with Gasteiger partial charge < -0.3 is 24.6 Å². The van der Waals surface area contributed by atoms with Crippen LogP contribution in [0, 0.1) is 0 Å². The van der Waals surface area contributed by atoms with Gasteiger partial charge in [-0.3, -0.25) is 9.52 Å². The van der Waals surface area contributed by atoms with Crippen LogP contribution in [-0.4, -0.2) is 53.1 Å². The zero-order chi connectivity index (χ0) is 34.3. The number of carbonyl (C=O) groups excluding carboxylic acids is 1. The predicted octanol–water partition coefficient (Wildman–Crippen LogP) is 5.95. The highest BCUT2D eigenvalue weighted by Crippen LogP contribution is 2.41. The molecule has 2 aromatic heterocycles. The maximum atomic E-state index is 13.8. The number of nitrogens with zero attached hydrogens (tertiary/aromatic N) is 4. The number of para-hydroxylation sites is 4. The van der Waals surface area contributed by atoms with Gasteiger partial charge in [0.2, 0.25) is 17.5 Å². The molecule has 14 heteroatoms. The molecule has 5 rings (SSSR count). The van der Waals surface area contributed by atoms with Crippen LogP contribution in [-0.2, 0) is 20.2 Å². The van der Waals surface area contributed by atoms with Gasteiger partial charge in [0.05, 0.1) is 30.7 Å². The Morgan fingerprint density at radius 1 is 0.854 bits per heavy atom. The molecule has 1 amide bonds.